The van der Waals surface area contributed by atoms with Crippen LogP contribution >= 0.6 is 23.2 Å². The number of aromatic nitrogens is 1. The Morgan fingerprint density at radius 1 is 1.03 bits per heavy atom. The van der Waals surface area contributed by atoms with Crippen LogP contribution in [-0.4, -0.2) is 22.5 Å². The number of carbonyl (C=O) groups is 2. The van der Waals surface area contributed by atoms with E-state index in [2.05, 4.69) is 20.8 Å². The molecule has 0 radical (unpaired) electrons. The monoisotopic (exact) mass is 456 g/mol. The number of aryl methyl sites for hydroxylation is 1. The number of carbonyl (C=O) groups excluding carboxylic acids is 2. The van der Waals surface area contributed by atoms with E-state index in [1.165, 1.54) is 6.20 Å². The van der Waals surface area contributed by atoms with E-state index in [9.17, 15) is 9.59 Å². The maximum atomic E-state index is 12.7. The second kappa shape index (κ2) is 8.91. The van der Waals surface area contributed by atoms with Gasteiger partial charge in [0.15, 0.2) is 5.76 Å². The second-order valence-electron chi connectivity index (χ2n) is 7.03. The molecule has 9 heteroatoms. The lowest BCUT2D eigenvalue weighted by Gasteiger charge is -2.13. The Bertz CT molecular complexity index is 1170. The van der Waals surface area contributed by atoms with Crippen molar-refractivity contribution in [2.24, 2.45) is 5.10 Å². The van der Waals surface area contributed by atoms with Crippen LogP contribution in [0.2, 0.25) is 10.0 Å². The summed E-state index contributed by atoms with van der Waals surface area (Å²) < 4.78 is 5.86. The summed E-state index contributed by atoms with van der Waals surface area (Å²) in [5, 5.41) is 8.05. The van der Waals surface area contributed by atoms with Crippen LogP contribution in [0.5, 0.6) is 0 Å². The molecule has 4 rings (SSSR count). The highest BCUT2D eigenvalue weighted by Gasteiger charge is 2.28. The van der Waals surface area contributed by atoms with Crippen molar-refractivity contribution in [1.82, 2.24) is 10.4 Å². The maximum Gasteiger partial charge on any atom is 0.292 e. The highest BCUT2D eigenvalue weighted by Crippen LogP contribution is 2.30. The van der Waals surface area contributed by atoms with Crippen LogP contribution < -0.4 is 10.7 Å². The van der Waals surface area contributed by atoms with Crippen LogP contribution in [-0.2, 0) is 6.42 Å². The van der Waals surface area contributed by atoms with Gasteiger partial charge in [-0.1, -0.05) is 23.2 Å². The van der Waals surface area contributed by atoms with E-state index in [1.807, 2.05) is 0 Å². The Balaban J connectivity index is 1.55. The molecule has 31 heavy (non-hydrogen) atoms. The molecule has 0 saturated carbocycles. The Morgan fingerprint density at radius 3 is 2.48 bits per heavy atom. The van der Waals surface area contributed by atoms with Gasteiger partial charge in [0.1, 0.15) is 11.6 Å². The average molecular weight is 457 g/mol. The Labute approximate surface area is 188 Å². The first kappa shape index (κ1) is 21.1. The van der Waals surface area contributed by atoms with Crippen molar-refractivity contribution in [2.75, 3.05) is 5.32 Å². The van der Waals surface area contributed by atoms with Crippen molar-refractivity contribution in [3.63, 3.8) is 0 Å². The standard InChI is InChI=1S/C22H18Cl2N4O3/c1-12-19-16(27-28-21(29)13-5-7-14(23)8-6-13)3-2-4-17(19)31-20(12)22(30)26-18-10-9-15(24)11-25-18/h5-11H,2-4H2,1H3,(H,28,29)(H,25,26,30)/b27-16+. The van der Waals surface area contributed by atoms with Gasteiger partial charge in [0.05, 0.1) is 10.7 Å². The van der Waals surface area contributed by atoms with Gasteiger partial charge in [-0.05, 0) is 56.2 Å². The first-order chi connectivity index (χ1) is 14.9. The van der Waals surface area contributed by atoms with Gasteiger partial charge in [-0.25, -0.2) is 10.4 Å². The van der Waals surface area contributed by atoms with Gasteiger partial charge in [0.25, 0.3) is 11.8 Å². The van der Waals surface area contributed by atoms with Crippen molar-refractivity contribution in [2.45, 2.75) is 26.2 Å². The number of pyridine rings is 1. The lowest BCUT2D eigenvalue weighted by atomic mass is 9.93. The molecule has 0 saturated heterocycles. The molecule has 0 aliphatic heterocycles. The molecule has 3 aromatic rings. The highest BCUT2D eigenvalue weighted by atomic mass is 35.5. The quantitative estimate of drug-likeness (QED) is 0.538. The van der Waals surface area contributed by atoms with Gasteiger partial charge < -0.3 is 9.73 Å². The number of benzene rings is 1. The molecule has 1 aromatic carbocycles. The molecular formula is C22H18Cl2N4O3. The number of nitrogens with zero attached hydrogens (tertiary/aromatic N) is 2. The van der Waals surface area contributed by atoms with Crippen LogP contribution in [0.3, 0.4) is 0 Å². The van der Waals surface area contributed by atoms with E-state index < -0.39 is 5.91 Å². The Kier molecular flexibility index (Phi) is 6.06. The highest BCUT2D eigenvalue weighted by molar-refractivity contribution is 6.30. The molecule has 0 bridgehead atoms. The van der Waals surface area contributed by atoms with Crippen LogP contribution in [0.15, 0.2) is 52.1 Å². The fourth-order valence-corrected chi connectivity index (χ4v) is 3.64. The molecule has 1 aliphatic carbocycles. The van der Waals surface area contributed by atoms with Gasteiger partial charge in [0, 0.05) is 34.3 Å². The predicted octanol–water partition coefficient (Wildman–Crippen LogP) is 5.01. The SMILES string of the molecule is Cc1c(C(=O)Nc2ccc(Cl)cn2)oc2c1/C(=N/NC(=O)c1ccc(Cl)cc1)CCC2. The zero-order valence-electron chi connectivity index (χ0n) is 16.5. The zero-order chi connectivity index (χ0) is 22.0. The van der Waals surface area contributed by atoms with Crippen molar-refractivity contribution in [1.29, 1.82) is 0 Å². The van der Waals surface area contributed by atoms with Gasteiger partial charge in [0.2, 0.25) is 0 Å². The number of hydrazone groups is 1. The summed E-state index contributed by atoms with van der Waals surface area (Å²) in [5.74, 6) is 0.487. The van der Waals surface area contributed by atoms with Gasteiger partial charge >= 0.3 is 0 Å². The van der Waals surface area contributed by atoms with Crippen molar-refractivity contribution < 1.29 is 14.0 Å². The number of hydrogen-bond acceptors (Lipinski definition) is 5. The van der Waals surface area contributed by atoms with Gasteiger partial charge in [-0.2, -0.15) is 5.10 Å². The molecule has 1 aliphatic rings. The van der Waals surface area contributed by atoms with E-state index in [-0.39, 0.29) is 11.7 Å². The normalized spacial score (nSPS) is 14.2. The molecule has 0 fully saturated rings. The first-order valence-electron chi connectivity index (χ1n) is 9.60. The van der Waals surface area contributed by atoms with Crippen molar-refractivity contribution >= 4 is 46.5 Å². The molecule has 0 atom stereocenters. The molecule has 2 N–H and O–H groups in total. The molecule has 7 nitrogen and oxygen atoms in total. The summed E-state index contributed by atoms with van der Waals surface area (Å²) in [6, 6.07) is 9.78. The third-order valence-electron chi connectivity index (χ3n) is 4.90. The number of anilines is 1. The minimum absolute atomic E-state index is 0.195. The minimum atomic E-state index is -0.411. The molecule has 2 aromatic heterocycles. The number of halogens is 2. The minimum Gasteiger partial charge on any atom is -0.455 e. The van der Waals surface area contributed by atoms with E-state index in [0.717, 1.165) is 12.0 Å². The van der Waals surface area contributed by atoms with E-state index in [0.29, 0.717) is 51.3 Å². The Morgan fingerprint density at radius 2 is 1.77 bits per heavy atom. The number of fused-ring (bicyclic) bond motifs is 1. The summed E-state index contributed by atoms with van der Waals surface area (Å²) in [7, 11) is 0. The van der Waals surface area contributed by atoms with Crippen LogP contribution in [0, 0.1) is 6.92 Å². The summed E-state index contributed by atoms with van der Waals surface area (Å²) in [5.41, 5.74) is 5.13. The van der Waals surface area contributed by atoms with Crippen LogP contribution in [0.4, 0.5) is 5.82 Å². The van der Waals surface area contributed by atoms with Crippen LogP contribution in [0.1, 0.15) is 50.6 Å². The number of nitrogens with one attached hydrogen (secondary N) is 2. The van der Waals surface area contributed by atoms with E-state index in [1.54, 1.807) is 43.3 Å². The number of rotatable bonds is 4. The van der Waals surface area contributed by atoms with Crippen molar-refractivity contribution in [3.05, 3.63) is 80.9 Å². The fraction of sp³-hybridized carbons (Fsp3) is 0.182. The van der Waals surface area contributed by atoms with Crippen LogP contribution in [0.25, 0.3) is 0 Å². The maximum absolute atomic E-state index is 12.7. The summed E-state index contributed by atoms with van der Waals surface area (Å²) >= 11 is 11.7. The molecule has 0 unspecified atom stereocenters. The number of furan rings is 1. The Hall–Kier alpha value is -3.16. The van der Waals surface area contributed by atoms with Crippen molar-refractivity contribution in [3.8, 4) is 0 Å². The van der Waals surface area contributed by atoms with E-state index in [4.69, 9.17) is 27.6 Å². The van der Waals surface area contributed by atoms with Gasteiger partial charge in [-0.15, -0.1) is 0 Å². The second-order valence-corrected chi connectivity index (χ2v) is 7.90. The lowest BCUT2D eigenvalue weighted by molar-refractivity contribution is 0.0953. The smallest absolute Gasteiger partial charge is 0.292 e. The summed E-state index contributed by atoms with van der Waals surface area (Å²) in [6.45, 7) is 1.80. The topological polar surface area (TPSA) is 96.6 Å². The zero-order valence-corrected chi connectivity index (χ0v) is 18.0. The summed E-state index contributed by atoms with van der Waals surface area (Å²) in [4.78, 5) is 29.2. The molecule has 2 heterocycles. The summed E-state index contributed by atoms with van der Waals surface area (Å²) in [6.07, 6.45) is 3.60. The predicted molar refractivity (Wildman–Crippen MR) is 119 cm³/mol. The molecule has 2 amide bonds. The lowest BCUT2D eigenvalue weighted by Crippen LogP contribution is -2.22. The number of hydrogen-bond donors (Lipinski definition) is 2. The average Bonchev–Trinajstić information content (AvgIpc) is 3.11. The number of amides is 2. The third kappa shape index (κ3) is 4.62. The third-order valence-corrected chi connectivity index (χ3v) is 5.38. The van der Waals surface area contributed by atoms with E-state index >= 15 is 0 Å². The largest absolute Gasteiger partial charge is 0.455 e. The molecule has 158 valence electrons. The fourth-order valence-electron chi connectivity index (χ4n) is 3.40. The molecular weight excluding hydrogens is 439 g/mol. The molecule has 0 spiro atoms. The van der Waals surface area contributed by atoms with Gasteiger partial charge in [-0.3, -0.25) is 9.59 Å². The first-order valence-corrected chi connectivity index (χ1v) is 10.4.